The van der Waals surface area contributed by atoms with Crippen molar-refractivity contribution in [3.63, 3.8) is 0 Å². The first kappa shape index (κ1) is 13.4. The molecule has 0 aromatic heterocycles. The second-order valence-corrected chi connectivity index (χ2v) is 5.51. The van der Waals surface area contributed by atoms with Crippen molar-refractivity contribution in [3.8, 4) is 0 Å². The Kier molecular flexibility index (Phi) is 4.29. The molecule has 0 aliphatic rings. The van der Waals surface area contributed by atoms with Gasteiger partial charge in [-0.05, 0) is 18.2 Å². The highest BCUT2D eigenvalue weighted by atomic mass is 35.5. The van der Waals surface area contributed by atoms with Gasteiger partial charge in [0, 0.05) is 18.1 Å². The largest absolute Gasteiger partial charge is 0.245 e. The predicted molar refractivity (Wildman–Crippen MR) is 61.5 cm³/mol. The highest BCUT2D eigenvalue weighted by Gasteiger charge is 2.24. The minimum absolute atomic E-state index is 0.177. The zero-order valence-electron chi connectivity index (χ0n) is 9.07. The summed E-state index contributed by atoms with van der Waals surface area (Å²) in [6.45, 7) is 4.02. The second kappa shape index (κ2) is 5.12. The van der Waals surface area contributed by atoms with Crippen LogP contribution in [0.2, 0.25) is 5.02 Å². The van der Waals surface area contributed by atoms with Crippen LogP contribution in [0.1, 0.15) is 13.8 Å². The summed E-state index contributed by atoms with van der Waals surface area (Å²) in [6, 6.07) is 3.55. The molecule has 16 heavy (non-hydrogen) atoms. The molecule has 0 aliphatic heterocycles. The lowest BCUT2D eigenvalue weighted by Gasteiger charge is -2.18. The standard InChI is InChI=1S/C10H13ClFNO2S/c1-3-13(4-2)16(14,15)10-6-5-8(11)7-9(10)12/h5-7H,3-4H2,1-2H3. The van der Waals surface area contributed by atoms with E-state index in [0.717, 1.165) is 6.07 Å². The van der Waals surface area contributed by atoms with Gasteiger partial charge < -0.3 is 0 Å². The summed E-state index contributed by atoms with van der Waals surface area (Å²) in [6.07, 6.45) is 0. The fourth-order valence-corrected chi connectivity index (χ4v) is 3.05. The normalized spacial score (nSPS) is 12.1. The van der Waals surface area contributed by atoms with E-state index in [0.29, 0.717) is 13.1 Å². The lowest BCUT2D eigenvalue weighted by molar-refractivity contribution is 0.440. The Morgan fingerprint density at radius 1 is 1.31 bits per heavy atom. The highest BCUT2D eigenvalue weighted by molar-refractivity contribution is 7.89. The van der Waals surface area contributed by atoms with Crippen molar-refractivity contribution in [1.29, 1.82) is 0 Å². The van der Waals surface area contributed by atoms with Crippen molar-refractivity contribution in [3.05, 3.63) is 29.0 Å². The van der Waals surface area contributed by atoms with Gasteiger partial charge in [-0.2, -0.15) is 4.31 Å². The monoisotopic (exact) mass is 265 g/mol. The van der Waals surface area contributed by atoms with E-state index < -0.39 is 15.8 Å². The highest BCUT2D eigenvalue weighted by Crippen LogP contribution is 2.22. The number of hydrogen-bond donors (Lipinski definition) is 0. The summed E-state index contributed by atoms with van der Waals surface area (Å²) in [7, 11) is -3.75. The molecule has 0 saturated heterocycles. The van der Waals surface area contributed by atoms with E-state index in [1.54, 1.807) is 13.8 Å². The molecule has 6 heteroatoms. The molecule has 0 fully saturated rings. The molecule has 0 heterocycles. The fourth-order valence-electron chi connectivity index (χ4n) is 1.39. The summed E-state index contributed by atoms with van der Waals surface area (Å²) in [5.74, 6) is -0.820. The second-order valence-electron chi connectivity index (χ2n) is 3.16. The van der Waals surface area contributed by atoms with Crippen LogP contribution in [0.15, 0.2) is 23.1 Å². The molecule has 0 N–H and O–H groups in total. The van der Waals surface area contributed by atoms with E-state index >= 15 is 0 Å². The zero-order chi connectivity index (χ0) is 12.3. The van der Waals surface area contributed by atoms with Gasteiger partial charge in [-0.15, -0.1) is 0 Å². The van der Waals surface area contributed by atoms with Gasteiger partial charge >= 0.3 is 0 Å². The summed E-state index contributed by atoms with van der Waals surface area (Å²) in [5.41, 5.74) is 0. The van der Waals surface area contributed by atoms with Crippen molar-refractivity contribution < 1.29 is 12.8 Å². The van der Waals surface area contributed by atoms with Gasteiger partial charge in [0.25, 0.3) is 0 Å². The summed E-state index contributed by atoms with van der Waals surface area (Å²) >= 11 is 5.57. The van der Waals surface area contributed by atoms with Crippen LogP contribution < -0.4 is 0 Å². The third kappa shape index (κ3) is 2.53. The lowest BCUT2D eigenvalue weighted by Crippen LogP contribution is -2.31. The predicted octanol–water partition coefficient (Wildman–Crippen LogP) is 2.51. The molecule has 0 bridgehead atoms. The fraction of sp³-hybridized carbons (Fsp3) is 0.400. The molecule has 0 saturated carbocycles. The van der Waals surface area contributed by atoms with E-state index in [2.05, 4.69) is 0 Å². The van der Waals surface area contributed by atoms with Crippen molar-refractivity contribution >= 4 is 21.6 Å². The summed E-state index contributed by atoms with van der Waals surface area (Å²) < 4.78 is 38.6. The Morgan fingerprint density at radius 3 is 2.31 bits per heavy atom. The zero-order valence-corrected chi connectivity index (χ0v) is 10.6. The molecule has 0 atom stereocenters. The van der Waals surface area contributed by atoms with E-state index in [1.165, 1.54) is 16.4 Å². The van der Waals surface area contributed by atoms with E-state index in [4.69, 9.17) is 11.6 Å². The van der Waals surface area contributed by atoms with Crippen molar-refractivity contribution in [2.45, 2.75) is 18.7 Å². The molecule has 90 valence electrons. The Balaban J connectivity index is 3.27. The van der Waals surface area contributed by atoms with Crippen molar-refractivity contribution in [2.75, 3.05) is 13.1 Å². The Morgan fingerprint density at radius 2 is 1.88 bits per heavy atom. The van der Waals surface area contributed by atoms with Crippen LogP contribution in [0.3, 0.4) is 0 Å². The van der Waals surface area contributed by atoms with Crippen LogP contribution in [-0.4, -0.2) is 25.8 Å². The average molecular weight is 266 g/mol. The number of sulfonamides is 1. The summed E-state index contributed by atoms with van der Waals surface area (Å²) in [5, 5.41) is 0.177. The maximum atomic E-state index is 13.5. The van der Waals surface area contributed by atoms with Crippen molar-refractivity contribution in [1.82, 2.24) is 4.31 Å². The molecular formula is C10H13ClFNO2S. The van der Waals surface area contributed by atoms with Crippen LogP contribution in [-0.2, 0) is 10.0 Å². The first-order valence-electron chi connectivity index (χ1n) is 4.88. The minimum atomic E-state index is -3.75. The first-order chi connectivity index (χ1) is 7.43. The van der Waals surface area contributed by atoms with Gasteiger partial charge in [0.2, 0.25) is 10.0 Å². The molecule has 1 aromatic rings. The average Bonchev–Trinajstić information content (AvgIpc) is 2.18. The Bertz CT molecular complexity index is 472. The molecule has 3 nitrogen and oxygen atoms in total. The van der Waals surface area contributed by atoms with Gasteiger partial charge in [0.05, 0.1) is 0 Å². The quantitative estimate of drug-likeness (QED) is 0.839. The Labute approximate surface area is 99.9 Å². The maximum Gasteiger partial charge on any atom is 0.245 e. The Hall–Kier alpha value is -0.650. The van der Waals surface area contributed by atoms with Crippen LogP contribution in [0, 0.1) is 5.82 Å². The number of halogens is 2. The van der Waals surface area contributed by atoms with Crippen LogP contribution in [0.5, 0.6) is 0 Å². The molecule has 0 spiro atoms. The molecule has 0 unspecified atom stereocenters. The van der Waals surface area contributed by atoms with E-state index in [9.17, 15) is 12.8 Å². The van der Waals surface area contributed by atoms with Gasteiger partial charge in [-0.25, -0.2) is 12.8 Å². The minimum Gasteiger partial charge on any atom is -0.207 e. The molecule has 1 aromatic carbocycles. The third-order valence-corrected chi connectivity index (χ3v) is 4.54. The van der Waals surface area contributed by atoms with Gasteiger partial charge in [0.15, 0.2) is 0 Å². The molecular weight excluding hydrogens is 253 g/mol. The van der Waals surface area contributed by atoms with Gasteiger partial charge in [-0.3, -0.25) is 0 Å². The first-order valence-corrected chi connectivity index (χ1v) is 6.70. The molecule has 1 rings (SSSR count). The van der Waals surface area contributed by atoms with E-state index in [1.807, 2.05) is 0 Å². The van der Waals surface area contributed by atoms with Crippen molar-refractivity contribution in [2.24, 2.45) is 0 Å². The van der Waals surface area contributed by atoms with Crippen LogP contribution in [0.25, 0.3) is 0 Å². The number of rotatable bonds is 4. The van der Waals surface area contributed by atoms with Crippen LogP contribution in [0.4, 0.5) is 4.39 Å². The van der Waals surface area contributed by atoms with Gasteiger partial charge in [0.1, 0.15) is 10.7 Å². The topological polar surface area (TPSA) is 37.4 Å². The lowest BCUT2D eigenvalue weighted by atomic mass is 10.3. The number of nitrogens with zero attached hydrogens (tertiary/aromatic N) is 1. The molecule has 0 aliphatic carbocycles. The number of benzene rings is 1. The SMILES string of the molecule is CCN(CC)S(=O)(=O)c1ccc(Cl)cc1F. The number of hydrogen-bond acceptors (Lipinski definition) is 2. The molecule has 0 radical (unpaired) electrons. The smallest absolute Gasteiger partial charge is 0.207 e. The molecule has 0 amide bonds. The van der Waals surface area contributed by atoms with Gasteiger partial charge in [-0.1, -0.05) is 25.4 Å². The van der Waals surface area contributed by atoms with Crippen LogP contribution >= 0.6 is 11.6 Å². The summed E-state index contributed by atoms with van der Waals surface area (Å²) in [4.78, 5) is -0.333. The van der Waals surface area contributed by atoms with E-state index in [-0.39, 0.29) is 9.92 Å². The maximum absolute atomic E-state index is 13.5. The third-order valence-electron chi connectivity index (χ3n) is 2.22.